The first-order valence-corrected chi connectivity index (χ1v) is 8.72. The van der Waals surface area contributed by atoms with Crippen molar-refractivity contribution in [2.24, 2.45) is 5.92 Å². The molecule has 2 heterocycles. The van der Waals surface area contributed by atoms with Crippen LogP contribution in [0.1, 0.15) is 30.1 Å². The number of aromatic nitrogens is 2. The van der Waals surface area contributed by atoms with E-state index in [1.54, 1.807) is 31.4 Å². The van der Waals surface area contributed by atoms with E-state index >= 15 is 0 Å². The Morgan fingerprint density at radius 3 is 2.42 bits per heavy atom. The van der Waals surface area contributed by atoms with Crippen molar-refractivity contribution in [1.82, 2.24) is 10.2 Å². The molecule has 1 fully saturated rings. The normalized spacial score (nSPS) is 14.8. The van der Waals surface area contributed by atoms with Gasteiger partial charge in [0.15, 0.2) is 23.1 Å². The predicted molar refractivity (Wildman–Crippen MR) is 100 cm³/mol. The minimum Gasteiger partial charge on any atom is -0.493 e. The summed E-state index contributed by atoms with van der Waals surface area (Å²) in [4.78, 5) is 14.6. The number of ether oxygens (including phenoxy) is 2. The number of amides is 1. The van der Waals surface area contributed by atoms with E-state index in [9.17, 15) is 4.79 Å². The van der Waals surface area contributed by atoms with Gasteiger partial charge in [-0.05, 0) is 49.1 Å². The van der Waals surface area contributed by atoms with E-state index in [0.717, 1.165) is 24.8 Å². The number of rotatable bonds is 5. The van der Waals surface area contributed by atoms with Gasteiger partial charge in [-0.3, -0.25) is 4.79 Å². The molecule has 1 aromatic carbocycles. The Labute approximate surface area is 153 Å². The highest BCUT2D eigenvalue weighted by Gasteiger charge is 2.17. The molecule has 0 saturated carbocycles. The van der Waals surface area contributed by atoms with Crippen LogP contribution in [-0.2, 0) is 0 Å². The molecule has 1 amide bonds. The maximum atomic E-state index is 12.4. The van der Waals surface area contributed by atoms with Gasteiger partial charge < -0.3 is 19.7 Å². The number of benzene rings is 1. The number of hydrogen-bond acceptors (Lipinski definition) is 6. The van der Waals surface area contributed by atoms with Crippen LogP contribution in [0, 0.1) is 5.92 Å². The van der Waals surface area contributed by atoms with E-state index < -0.39 is 0 Å². The summed E-state index contributed by atoms with van der Waals surface area (Å²) in [6.45, 7) is 4.26. The summed E-state index contributed by atoms with van der Waals surface area (Å²) < 4.78 is 10.4. The molecule has 7 heteroatoms. The summed E-state index contributed by atoms with van der Waals surface area (Å²) in [5.74, 6) is 2.82. The third-order valence-electron chi connectivity index (χ3n) is 4.65. The average Bonchev–Trinajstić information content (AvgIpc) is 2.68. The zero-order chi connectivity index (χ0) is 18.5. The Hall–Kier alpha value is -2.83. The second-order valence-corrected chi connectivity index (χ2v) is 6.47. The average molecular weight is 356 g/mol. The van der Waals surface area contributed by atoms with Crippen LogP contribution in [0.2, 0.25) is 0 Å². The Morgan fingerprint density at radius 1 is 1.08 bits per heavy atom. The van der Waals surface area contributed by atoms with Crippen LogP contribution in [0.4, 0.5) is 11.6 Å². The highest BCUT2D eigenvalue weighted by Crippen LogP contribution is 2.28. The number of nitrogens with zero attached hydrogens (tertiary/aromatic N) is 3. The quantitative estimate of drug-likeness (QED) is 0.887. The lowest BCUT2D eigenvalue weighted by Gasteiger charge is -2.30. The third-order valence-corrected chi connectivity index (χ3v) is 4.65. The van der Waals surface area contributed by atoms with Gasteiger partial charge in [-0.1, -0.05) is 6.92 Å². The van der Waals surface area contributed by atoms with Crippen molar-refractivity contribution in [2.75, 3.05) is 37.5 Å². The molecule has 0 bridgehead atoms. The van der Waals surface area contributed by atoms with Gasteiger partial charge in [0.05, 0.1) is 14.2 Å². The number of carbonyl (C=O) groups is 1. The molecule has 3 rings (SSSR count). The molecule has 2 aromatic rings. The SMILES string of the molecule is COc1ccc(C(=O)Nc2ccc(N3CCC(C)CC3)nn2)cc1OC. The lowest BCUT2D eigenvalue weighted by molar-refractivity contribution is 0.102. The Balaban J connectivity index is 1.66. The molecule has 0 aliphatic carbocycles. The first kappa shape index (κ1) is 18.0. The summed E-state index contributed by atoms with van der Waals surface area (Å²) in [6, 6.07) is 8.67. The highest BCUT2D eigenvalue weighted by atomic mass is 16.5. The van der Waals surface area contributed by atoms with Gasteiger partial charge in [-0.15, -0.1) is 10.2 Å². The second kappa shape index (κ2) is 8.03. The van der Waals surface area contributed by atoms with Gasteiger partial charge >= 0.3 is 0 Å². The Bertz CT molecular complexity index is 756. The number of carbonyl (C=O) groups excluding carboxylic acids is 1. The smallest absolute Gasteiger partial charge is 0.257 e. The van der Waals surface area contributed by atoms with Crippen LogP contribution >= 0.6 is 0 Å². The summed E-state index contributed by atoms with van der Waals surface area (Å²) in [6.07, 6.45) is 2.33. The number of methoxy groups -OCH3 is 2. The molecule has 1 aliphatic heterocycles. The van der Waals surface area contributed by atoms with Crippen molar-refractivity contribution in [2.45, 2.75) is 19.8 Å². The fraction of sp³-hybridized carbons (Fsp3) is 0.421. The number of anilines is 2. The van der Waals surface area contributed by atoms with Crippen molar-refractivity contribution in [3.63, 3.8) is 0 Å². The molecule has 0 unspecified atom stereocenters. The van der Waals surface area contributed by atoms with Gasteiger partial charge in [0.25, 0.3) is 5.91 Å². The molecule has 138 valence electrons. The van der Waals surface area contributed by atoms with Gasteiger partial charge in [0, 0.05) is 18.7 Å². The fourth-order valence-corrected chi connectivity index (χ4v) is 2.96. The molecule has 1 N–H and O–H groups in total. The van der Waals surface area contributed by atoms with Gasteiger partial charge in [-0.2, -0.15) is 0 Å². The van der Waals surface area contributed by atoms with E-state index in [2.05, 4.69) is 27.3 Å². The molecule has 0 spiro atoms. The predicted octanol–water partition coefficient (Wildman–Crippen LogP) is 2.98. The Morgan fingerprint density at radius 2 is 1.81 bits per heavy atom. The lowest BCUT2D eigenvalue weighted by Crippen LogP contribution is -2.33. The van der Waals surface area contributed by atoms with Gasteiger partial charge in [0.1, 0.15) is 0 Å². The largest absolute Gasteiger partial charge is 0.493 e. The maximum Gasteiger partial charge on any atom is 0.257 e. The molecule has 1 aliphatic rings. The van der Waals surface area contributed by atoms with E-state index in [-0.39, 0.29) is 5.91 Å². The van der Waals surface area contributed by atoms with Gasteiger partial charge in [0.2, 0.25) is 0 Å². The van der Waals surface area contributed by atoms with Crippen molar-refractivity contribution in [1.29, 1.82) is 0 Å². The van der Waals surface area contributed by atoms with Crippen LogP contribution < -0.4 is 19.7 Å². The molecule has 1 saturated heterocycles. The molecule has 1 aromatic heterocycles. The summed E-state index contributed by atoms with van der Waals surface area (Å²) >= 11 is 0. The van der Waals surface area contributed by atoms with Crippen LogP contribution in [0.25, 0.3) is 0 Å². The molecular formula is C19H24N4O3. The van der Waals surface area contributed by atoms with E-state index in [0.29, 0.717) is 22.9 Å². The molecule has 26 heavy (non-hydrogen) atoms. The number of nitrogens with one attached hydrogen (secondary N) is 1. The van der Waals surface area contributed by atoms with E-state index in [1.165, 1.54) is 20.0 Å². The topological polar surface area (TPSA) is 76.6 Å². The van der Waals surface area contributed by atoms with Crippen molar-refractivity contribution >= 4 is 17.5 Å². The fourth-order valence-electron chi connectivity index (χ4n) is 2.96. The first-order chi connectivity index (χ1) is 12.6. The summed E-state index contributed by atoms with van der Waals surface area (Å²) in [7, 11) is 3.09. The minimum absolute atomic E-state index is 0.278. The van der Waals surface area contributed by atoms with Crippen LogP contribution in [0.5, 0.6) is 11.5 Å². The van der Waals surface area contributed by atoms with Crippen LogP contribution in [-0.4, -0.2) is 43.4 Å². The zero-order valence-corrected chi connectivity index (χ0v) is 15.4. The number of hydrogen-bond donors (Lipinski definition) is 1. The lowest BCUT2D eigenvalue weighted by atomic mass is 9.99. The standard InChI is InChI=1S/C19H24N4O3/c1-13-8-10-23(11-9-13)18-7-6-17(21-22-18)20-19(24)14-4-5-15(25-2)16(12-14)26-3/h4-7,12-13H,8-11H2,1-3H3,(H,20,21,24). The van der Waals surface area contributed by atoms with E-state index in [4.69, 9.17) is 9.47 Å². The Kier molecular flexibility index (Phi) is 5.55. The van der Waals surface area contributed by atoms with Gasteiger partial charge in [-0.25, -0.2) is 0 Å². The van der Waals surface area contributed by atoms with Crippen LogP contribution in [0.15, 0.2) is 30.3 Å². The third kappa shape index (κ3) is 4.04. The van der Waals surface area contributed by atoms with Crippen molar-refractivity contribution in [3.8, 4) is 11.5 Å². The van der Waals surface area contributed by atoms with Crippen molar-refractivity contribution in [3.05, 3.63) is 35.9 Å². The van der Waals surface area contributed by atoms with E-state index in [1.807, 2.05) is 6.07 Å². The van der Waals surface area contributed by atoms with Crippen LogP contribution in [0.3, 0.4) is 0 Å². The molecular weight excluding hydrogens is 332 g/mol. The summed E-state index contributed by atoms with van der Waals surface area (Å²) in [5, 5.41) is 11.1. The highest BCUT2D eigenvalue weighted by molar-refractivity contribution is 6.04. The molecule has 0 atom stereocenters. The number of piperidine rings is 1. The first-order valence-electron chi connectivity index (χ1n) is 8.72. The molecule has 0 radical (unpaired) electrons. The maximum absolute atomic E-state index is 12.4. The minimum atomic E-state index is -0.278. The summed E-state index contributed by atoms with van der Waals surface area (Å²) in [5.41, 5.74) is 0.457. The molecule has 7 nitrogen and oxygen atoms in total. The monoisotopic (exact) mass is 356 g/mol. The zero-order valence-electron chi connectivity index (χ0n) is 15.4. The van der Waals surface area contributed by atoms with Crippen molar-refractivity contribution < 1.29 is 14.3 Å². The second-order valence-electron chi connectivity index (χ2n) is 6.47.